The molecule has 1 amide bonds. The van der Waals surface area contributed by atoms with Gasteiger partial charge in [0.25, 0.3) is 5.91 Å². The van der Waals surface area contributed by atoms with Gasteiger partial charge in [0.15, 0.2) is 0 Å². The van der Waals surface area contributed by atoms with Crippen LogP contribution in [-0.4, -0.2) is 28.9 Å². The lowest BCUT2D eigenvalue weighted by atomic mass is 10.1. The Morgan fingerprint density at radius 1 is 1.58 bits per heavy atom. The van der Waals surface area contributed by atoms with Crippen LogP contribution in [0.25, 0.3) is 0 Å². The summed E-state index contributed by atoms with van der Waals surface area (Å²) in [7, 11) is 0. The molecule has 1 N–H and O–H groups in total. The largest absolute Gasteiger partial charge is 0.351 e. The van der Waals surface area contributed by atoms with Crippen LogP contribution in [0.5, 0.6) is 0 Å². The van der Waals surface area contributed by atoms with Gasteiger partial charge in [-0.2, -0.15) is 0 Å². The summed E-state index contributed by atoms with van der Waals surface area (Å²) < 4.78 is 0. The standard InChI is InChI=1S/C14H17ClN2OS/c1-4-6-19-7-5-16-14(18)11-8-12(10(2)3)17-13(15)9-11/h1,8-10H,5-7H2,2-3H3,(H,16,18). The van der Waals surface area contributed by atoms with Crippen LogP contribution >= 0.6 is 23.4 Å². The van der Waals surface area contributed by atoms with Crippen molar-refractivity contribution in [3.05, 3.63) is 28.5 Å². The summed E-state index contributed by atoms with van der Waals surface area (Å²) in [5.41, 5.74) is 1.37. The molecule has 1 rings (SSSR count). The molecule has 1 aromatic rings. The molecule has 0 fully saturated rings. The molecule has 102 valence electrons. The van der Waals surface area contributed by atoms with E-state index in [-0.39, 0.29) is 11.8 Å². The summed E-state index contributed by atoms with van der Waals surface area (Å²) in [6.45, 7) is 4.61. The number of aromatic nitrogens is 1. The predicted octanol–water partition coefficient (Wildman–Crippen LogP) is 2.95. The molecule has 0 aliphatic rings. The number of halogens is 1. The number of nitrogens with one attached hydrogen (secondary N) is 1. The Hall–Kier alpha value is -1.18. The number of hydrogen-bond acceptors (Lipinski definition) is 3. The predicted molar refractivity (Wildman–Crippen MR) is 81.8 cm³/mol. The Morgan fingerprint density at radius 2 is 2.32 bits per heavy atom. The zero-order valence-corrected chi connectivity index (χ0v) is 12.6. The normalized spacial score (nSPS) is 10.3. The van der Waals surface area contributed by atoms with Crippen LogP contribution in [-0.2, 0) is 0 Å². The molecule has 0 unspecified atom stereocenters. The van der Waals surface area contributed by atoms with E-state index in [2.05, 4.69) is 16.2 Å². The maximum Gasteiger partial charge on any atom is 0.251 e. The Morgan fingerprint density at radius 3 is 2.95 bits per heavy atom. The van der Waals surface area contributed by atoms with Crippen molar-refractivity contribution in [2.24, 2.45) is 0 Å². The molecular weight excluding hydrogens is 280 g/mol. The summed E-state index contributed by atoms with van der Waals surface area (Å²) in [6, 6.07) is 3.36. The molecule has 1 heterocycles. The number of carbonyl (C=O) groups excluding carboxylic acids is 1. The number of thioether (sulfide) groups is 1. The highest BCUT2D eigenvalue weighted by atomic mass is 35.5. The SMILES string of the molecule is C#CCSCCNC(=O)c1cc(Cl)nc(C(C)C)c1. The molecule has 0 saturated heterocycles. The van der Waals surface area contributed by atoms with Gasteiger partial charge >= 0.3 is 0 Å². The third-order valence-electron chi connectivity index (χ3n) is 2.38. The van der Waals surface area contributed by atoms with Crippen molar-refractivity contribution in [1.29, 1.82) is 0 Å². The monoisotopic (exact) mass is 296 g/mol. The van der Waals surface area contributed by atoms with Crippen LogP contribution in [0.4, 0.5) is 0 Å². The van der Waals surface area contributed by atoms with Crippen LogP contribution in [0.15, 0.2) is 12.1 Å². The fourth-order valence-corrected chi connectivity index (χ4v) is 2.14. The van der Waals surface area contributed by atoms with Crippen LogP contribution < -0.4 is 5.32 Å². The van der Waals surface area contributed by atoms with E-state index < -0.39 is 0 Å². The van der Waals surface area contributed by atoms with E-state index in [4.69, 9.17) is 18.0 Å². The fraction of sp³-hybridized carbons (Fsp3) is 0.429. The Labute approximate surface area is 123 Å². The minimum absolute atomic E-state index is 0.132. The van der Waals surface area contributed by atoms with Crippen molar-refractivity contribution in [2.75, 3.05) is 18.1 Å². The van der Waals surface area contributed by atoms with Crippen molar-refractivity contribution in [3.63, 3.8) is 0 Å². The van der Waals surface area contributed by atoms with Crippen molar-refractivity contribution in [3.8, 4) is 12.3 Å². The lowest BCUT2D eigenvalue weighted by Crippen LogP contribution is -2.26. The molecule has 19 heavy (non-hydrogen) atoms. The van der Waals surface area contributed by atoms with E-state index >= 15 is 0 Å². The zero-order valence-electron chi connectivity index (χ0n) is 11.1. The van der Waals surface area contributed by atoms with Crippen molar-refractivity contribution in [2.45, 2.75) is 19.8 Å². The van der Waals surface area contributed by atoms with Crippen LogP contribution in [0.3, 0.4) is 0 Å². The molecule has 3 nitrogen and oxygen atoms in total. The second-order valence-electron chi connectivity index (χ2n) is 4.27. The summed E-state index contributed by atoms with van der Waals surface area (Å²) in [5.74, 6) is 4.10. The van der Waals surface area contributed by atoms with E-state index in [9.17, 15) is 4.79 Å². The van der Waals surface area contributed by atoms with E-state index in [1.54, 1.807) is 23.9 Å². The van der Waals surface area contributed by atoms with Crippen LogP contribution in [0, 0.1) is 12.3 Å². The Bertz CT molecular complexity index is 483. The number of carbonyl (C=O) groups is 1. The highest BCUT2D eigenvalue weighted by Gasteiger charge is 2.10. The van der Waals surface area contributed by atoms with E-state index in [1.165, 1.54) is 0 Å². The van der Waals surface area contributed by atoms with Crippen molar-refractivity contribution >= 4 is 29.3 Å². The van der Waals surface area contributed by atoms with Gasteiger partial charge in [0.05, 0.1) is 5.75 Å². The number of pyridine rings is 1. The molecule has 5 heteroatoms. The number of nitrogens with zero attached hydrogens (tertiary/aromatic N) is 1. The topological polar surface area (TPSA) is 42.0 Å². The minimum atomic E-state index is -0.132. The van der Waals surface area contributed by atoms with Gasteiger partial charge in [-0.3, -0.25) is 4.79 Å². The van der Waals surface area contributed by atoms with E-state index in [1.807, 2.05) is 13.8 Å². The number of rotatable bonds is 6. The molecule has 0 bridgehead atoms. The molecule has 1 aromatic heterocycles. The van der Waals surface area contributed by atoms with Gasteiger partial charge in [-0.05, 0) is 18.1 Å². The number of amides is 1. The average molecular weight is 297 g/mol. The maximum atomic E-state index is 12.0. The van der Waals surface area contributed by atoms with Crippen LogP contribution in [0.1, 0.15) is 35.8 Å². The van der Waals surface area contributed by atoms with Gasteiger partial charge < -0.3 is 5.32 Å². The molecule has 0 radical (unpaired) electrons. The van der Waals surface area contributed by atoms with Gasteiger partial charge in [0.1, 0.15) is 5.15 Å². The highest BCUT2D eigenvalue weighted by molar-refractivity contribution is 7.99. The second kappa shape index (κ2) is 8.08. The van der Waals surface area contributed by atoms with E-state index in [0.717, 1.165) is 11.4 Å². The third-order valence-corrected chi connectivity index (χ3v) is 3.44. The lowest BCUT2D eigenvalue weighted by molar-refractivity contribution is 0.0956. The smallest absolute Gasteiger partial charge is 0.251 e. The van der Waals surface area contributed by atoms with Crippen molar-refractivity contribution in [1.82, 2.24) is 10.3 Å². The summed E-state index contributed by atoms with van der Waals surface area (Å²) in [6.07, 6.45) is 5.14. The Balaban J connectivity index is 2.59. The molecular formula is C14H17ClN2OS. The first kappa shape index (κ1) is 15.9. The average Bonchev–Trinajstić information content (AvgIpc) is 2.37. The fourth-order valence-electron chi connectivity index (χ4n) is 1.41. The number of hydrogen-bond donors (Lipinski definition) is 1. The van der Waals surface area contributed by atoms with Crippen molar-refractivity contribution < 1.29 is 4.79 Å². The zero-order chi connectivity index (χ0) is 14.3. The molecule has 0 aliphatic heterocycles. The summed E-state index contributed by atoms with van der Waals surface area (Å²) in [4.78, 5) is 16.2. The molecule has 0 saturated carbocycles. The summed E-state index contributed by atoms with van der Waals surface area (Å²) in [5, 5.41) is 3.18. The quantitative estimate of drug-likeness (QED) is 0.498. The maximum absolute atomic E-state index is 12.0. The van der Waals surface area contributed by atoms with Gasteiger partial charge in [0.2, 0.25) is 0 Å². The lowest BCUT2D eigenvalue weighted by Gasteiger charge is -2.09. The molecule has 0 spiro atoms. The first-order valence-electron chi connectivity index (χ1n) is 6.01. The highest BCUT2D eigenvalue weighted by Crippen LogP contribution is 2.17. The molecule has 0 aliphatic carbocycles. The van der Waals surface area contributed by atoms with Gasteiger partial charge in [-0.1, -0.05) is 31.4 Å². The molecule has 0 aromatic carbocycles. The van der Waals surface area contributed by atoms with Gasteiger partial charge in [0, 0.05) is 23.6 Å². The summed E-state index contributed by atoms with van der Waals surface area (Å²) >= 11 is 7.54. The third kappa shape index (κ3) is 5.54. The minimum Gasteiger partial charge on any atom is -0.351 e. The van der Waals surface area contributed by atoms with Gasteiger partial charge in [-0.15, -0.1) is 18.2 Å². The van der Waals surface area contributed by atoms with Gasteiger partial charge in [-0.25, -0.2) is 4.98 Å². The second-order valence-corrected chi connectivity index (χ2v) is 5.76. The van der Waals surface area contributed by atoms with Crippen LogP contribution in [0.2, 0.25) is 5.15 Å². The Kier molecular flexibility index (Phi) is 6.75. The molecule has 0 atom stereocenters. The number of terminal acetylenes is 1. The first-order chi connectivity index (χ1) is 9.04. The van der Waals surface area contributed by atoms with E-state index in [0.29, 0.717) is 23.0 Å². The first-order valence-corrected chi connectivity index (χ1v) is 7.54.